The van der Waals surface area contributed by atoms with E-state index in [0.717, 1.165) is 11.4 Å². The van der Waals surface area contributed by atoms with Gasteiger partial charge in [-0.2, -0.15) is 0 Å². The van der Waals surface area contributed by atoms with E-state index >= 15 is 0 Å². The number of nitrogens with one attached hydrogen (secondary N) is 1. The van der Waals surface area contributed by atoms with Gasteiger partial charge in [-0.25, -0.2) is 9.18 Å². The van der Waals surface area contributed by atoms with Gasteiger partial charge in [-0.3, -0.25) is 4.90 Å². The van der Waals surface area contributed by atoms with E-state index in [0.29, 0.717) is 6.54 Å². The molecule has 2 nitrogen and oxygen atoms in total. The highest BCUT2D eigenvalue weighted by Gasteiger charge is 2.57. The summed E-state index contributed by atoms with van der Waals surface area (Å²) >= 11 is 0. The summed E-state index contributed by atoms with van der Waals surface area (Å²) in [6.45, 7) is 1.18. The Morgan fingerprint density at radius 2 is 2.38 bits per heavy atom. The molecule has 0 aliphatic carbocycles. The molecular weight excluding hydrogens is 109 g/mol. The summed E-state index contributed by atoms with van der Waals surface area (Å²) in [6.07, 6.45) is -0.822. The van der Waals surface area contributed by atoms with E-state index in [1.807, 2.05) is 0 Å². The van der Waals surface area contributed by atoms with Crippen molar-refractivity contribution in [1.29, 1.82) is 0 Å². The van der Waals surface area contributed by atoms with Crippen LogP contribution in [0.3, 0.4) is 0 Å². The second-order valence-electron chi connectivity index (χ2n) is 2.50. The van der Waals surface area contributed by atoms with Crippen molar-refractivity contribution in [2.24, 2.45) is 5.92 Å². The van der Waals surface area contributed by atoms with E-state index in [1.165, 1.54) is 0 Å². The summed E-state index contributed by atoms with van der Waals surface area (Å²) in [7, 11) is 0. The first-order valence-corrected chi connectivity index (χ1v) is 2.82. The minimum atomic E-state index is -0.822. The van der Waals surface area contributed by atoms with Gasteiger partial charge in [-0.05, 0) is 0 Å². The molecule has 0 saturated carbocycles. The van der Waals surface area contributed by atoms with Crippen LogP contribution in [0.25, 0.3) is 0 Å². The summed E-state index contributed by atoms with van der Waals surface area (Å²) in [4.78, 5) is 11.4. The van der Waals surface area contributed by atoms with Gasteiger partial charge in [0.15, 0.2) is 12.1 Å². The van der Waals surface area contributed by atoms with E-state index in [1.54, 1.807) is 0 Å². The van der Waals surface area contributed by atoms with Crippen LogP contribution in [0.15, 0.2) is 0 Å². The maximum Gasteiger partial charge on any atom is 0.324 e. The lowest BCUT2D eigenvalue weighted by atomic mass is 10.0. The van der Waals surface area contributed by atoms with E-state index < -0.39 is 6.17 Å². The van der Waals surface area contributed by atoms with Crippen molar-refractivity contribution in [3.8, 4) is 0 Å². The molecule has 0 aromatic carbocycles. The maximum atomic E-state index is 12.4. The lowest BCUT2D eigenvalue weighted by Gasteiger charge is -2.17. The molecule has 3 heteroatoms. The Hall–Kier alpha value is -0.440. The quantitative estimate of drug-likeness (QED) is 0.377. The Morgan fingerprint density at radius 1 is 1.62 bits per heavy atom. The molecule has 3 heterocycles. The second kappa shape index (κ2) is 1.10. The minimum absolute atomic E-state index is 0.0949. The van der Waals surface area contributed by atoms with Crippen LogP contribution >= 0.6 is 0 Å². The summed E-state index contributed by atoms with van der Waals surface area (Å²) in [5.74, 6) is -0.123. The Labute approximate surface area is 46.3 Å². The third-order valence-corrected chi connectivity index (χ3v) is 2.03. The third-order valence-electron chi connectivity index (χ3n) is 2.03. The fourth-order valence-corrected chi connectivity index (χ4v) is 1.44. The smallest absolute Gasteiger partial charge is 0.268 e. The SMILES string of the molecule is O=C1C2C[NH+]1CC2F. The molecule has 2 bridgehead atoms. The first-order chi connectivity index (χ1) is 3.79. The van der Waals surface area contributed by atoms with Crippen LogP contribution in [-0.2, 0) is 4.79 Å². The van der Waals surface area contributed by atoms with Gasteiger partial charge in [0.25, 0.3) is 0 Å². The van der Waals surface area contributed by atoms with Crippen molar-refractivity contribution in [1.82, 2.24) is 0 Å². The van der Waals surface area contributed by atoms with Gasteiger partial charge in [0.05, 0.1) is 0 Å². The number of quaternary nitrogens is 1. The average Bonchev–Trinajstić information content (AvgIpc) is 2.19. The van der Waals surface area contributed by atoms with Crippen molar-refractivity contribution in [2.45, 2.75) is 6.17 Å². The molecular formula is C5H7FNO+. The zero-order valence-electron chi connectivity index (χ0n) is 4.36. The molecule has 44 valence electrons. The number of β-lactam (4-membered cyclic amide) rings is 1. The number of rotatable bonds is 0. The molecule has 0 radical (unpaired) electrons. The van der Waals surface area contributed by atoms with Crippen molar-refractivity contribution in [3.63, 3.8) is 0 Å². The number of alkyl halides is 1. The molecule has 1 N–H and O–H groups in total. The Kier molecular flexibility index (Phi) is 0.612. The van der Waals surface area contributed by atoms with E-state index in [4.69, 9.17) is 0 Å². The fraction of sp³-hybridized carbons (Fsp3) is 0.800. The van der Waals surface area contributed by atoms with Crippen molar-refractivity contribution < 1.29 is 14.1 Å². The summed E-state index contributed by atoms with van der Waals surface area (Å²) in [5.41, 5.74) is 0. The Bertz CT molecular complexity index is 147. The predicted molar refractivity (Wildman–Crippen MR) is 24.1 cm³/mol. The van der Waals surface area contributed by atoms with Crippen LogP contribution in [0.4, 0.5) is 4.39 Å². The number of carbonyl (C=O) groups is 1. The third kappa shape index (κ3) is 0.302. The highest BCUT2D eigenvalue weighted by molar-refractivity contribution is 5.76. The lowest BCUT2D eigenvalue weighted by Crippen LogP contribution is -3.18. The molecule has 3 fully saturated rings. The van der Waals surface area contributed by atoms with Gasteiger partial charge in [0.1, 0.15) is 13.1 Å². The van der Waals surface area contributed by atoms with E-state index in [9.17, 15) is 9.18 Å². The van der Waals surface area contributed by atoms with Gasteiger partial charge in [-0.1, -0.05) is 0 Å². The van der Waals surface area contributed by atoms with Crippen LogP contribution in [0.5, 0.6) is 0 Å². The van der Waals surface area contributed by atoms with Crippen molar-refractivity contribution >= 4 is 5.91 Å². The minimum Gasteiger partial charge on any atom is -0.268 e. The molecule has 1 amide bonds. The number of carbonyl (C=O) groups excluding carboxylic acids is 1. The topological polar surface area (TPSA) is 21.5 Å². The first kappa shape index (κ1) is 4.44. The summed E-state index contributed by atoms with van der Waals surface area (Å²) in [6, 6.07) is 0. The molecule has 3 atom stereocenters. The van der Waals surface area contributed by atoms with Gasteiger partial charge < -0.3 is 0 Å². The fourth-order valence-electron chi connectivity index (χ4n) is 1.44. The highest BCUT2D eigenvalue weighted by atomic mass is 19.1. The van der Waals surface area contributed by atoms with Gasteiger partial charge >= 0.3 is 5.91 Å². The molecule has 3 saturated heterocycles. The monoisotopic (exact) mass is 116 g/mol. The molecule has 0 aromatic rings. The Balaban J connectivity index is 2.24. The average molecular weight is 116 g/mol. The van der Waals surface area contributed by atoms with Crippen LogP contribution in [0, 0.1) is 5.92 Å². The number of amides is 1. The largest absolute Gasteiger partial charge is 0.324 e. The summed E-state index contributed by atoms with van der Waals surface area (Å²) < 4.78 is 12.4. The Morgan fingerprint density at radius 3 is 2.50 bits per heavy atom. The number of fused-ring (bicyclic) bond motifs is 1. The van der Waals surface area contributed by atoms with Gasteiger partial charge in [0.2, 0.25) is 0 Å². The summed E-state index contributed by atoms with van der Waals surface area (Å²) in [5, 5.41) is 0. The predicted octanol–water partition coefficient (Wildman–Crippen LogP) is -1.62. The normalized spacial score (nSPS) is 51.6. The molecule has 0 spiro atoms. The number of halogens is 1. The number of hydrogen-bond acceptors (Lipinski definition) is 1. The van der Waals surface area contributed by atoms with E-state index in [2.05, 4.69) is 0 Å². The molecule has 3 rings (SSSR count). The molecule has 3 unspecified atom stereocenters. The zero-order chi connectivity index (χ0) is 5.72. The number of hydrogen-bond donors (Lipinski definition) is 1. The van der Waals surface area contributed by atoms with Crippen LogP contribution in [-0.4, -0.2) is 25.2 Å². The van der Waals surface area contributed by atoms with Gasteiger partial charge in [-0.15, -0.1) is 0 Å². The van der Waals surface area contributed by atoms with Crippen LogP contribution in [0.1, 0.15) is 0 Å². The van der Waals surface area contributed by atoms with Gasteiger partial charge in [0, 0.05) is 0 Å². The molecule has 3 aliphatic rings. The van der Waals surface area contributed by atoms with Crippen molar-refractivity contribution in [3.05, 3.63) is 0 Å². The lowest BCUT2D eigenvalue weighted by molar-refractivity contribution is -0.832. The van der Waals surface area contributed by atoms with E-state index in [-0.39, 0.29) is 11.8 Å². The first-order valence-electron chi connectivity index (χ1n) is 2.82. The second-order valence-corrected chi connectivity index (χ2v) is 2.50. The highest BCUT2D eigenvalue weighted by Crippen LogP contribution is 2.15. The maximum absolute atomic E-state index is 12.4. The van der Waals surface area contributed by atoms with Crippen molar-refractivity contribution in [2.75, 3.05) is 13.1 Å². The molecule has 0 aromatic heterocycles. The zero-order valence-corrected chi connectivity index (χ0v) is 4.36. The molecule has 3 aliphatic heterocycles. The van der Waals surface area contributed by atoms with Crippen LogP contribution in [0.2, 0.25) is 0 Å². The molecule has 8 heavy (non-hydrogen) atoms. The standard InChI is InChI=1S/C5H6FNO/c6-4-2-7-1-3(4)5(7)8/h3-4H,1-2H2/p+1. The van der Waals surface area contributed by atoms with Crippen LogP contribution < -0.4 is 4.90 Å².